The normalized spacial score (nSPS) is 10.8. The fourth-order valence-corrected chi connectivity index (χ4v) is 2.45. The predicted octanol–water partition coefficient (Wildman–Crippen LogP) is 2.76. The molecule has 3 aromatic rings. The molecule has 19 heavy (non-hydrogen) atoms. The van der Waals surface area contributed by atoms with Gasteiger partial charge in [0.1, 0.15) is 0 Å². The third-order valence-corrected chi connectivity index (χ3v) is 3.60. The SMILES string of the molecule is CCn1ccc(C(=O)Nc2ccc3scnc3c2)n1. The van der Waals surface area contributed by atoms with E-state index in [9.17, 15) is 4.79 Å². The Morgan fingerprint density at radius 1 is 1.42 bits per heavy atom. The Bertz CT molecular complexity index is 731. The summed E-state index contributed by atoms with van der Waals surface area (Å²) in [6, 6.07) is 7.39. The summed E-state index contributed by atoms with van der Waals surface area (Å²) in [7, 11) is 0. The van der Waals surface area contributed by atoms with Crippen molar-refractivity contribution in [2.75, 3.05) is 5.32 Å². The van der Waals surface area contributed by atoms with Gasteiger partial charge in [-0.3, -0.25) is 9.48 Å². The summed E-state index contributed by atoms with van der Waals surface area (Å²) in [5.41, 5.74) is 3.83. The number of benzene rings is 1. The van der Waals surface area contributed by atoms with E-state index in [4.69, 9.17) is 0 Å². The molecule has 0 bridgehead atoms. The number of fused-ring (bicyclic) bond motifs is 1. The third kappa shape index (κ3) is 2.34. The van der Waals surface area contributed by atoms with E-state index in [-0.39, 0.29) is 5.91 Å². The molecule has 0 saturated carbocycles. The van der Waals surface area contributed by atoms with Gasteiger partial charge in [0.15, 0.2) is 5.69 Å². The Morgan fingerprint density at radius 2 is 2.32 bits per heavy atom. The van der Waals surface area contributed by atoms with Crippen molar-refractivity contribution in [1.82, 2.24) is 14.8 Å². The third-order valence-electron chi connectivity index (χ3n) is 2.79. The molecule has 0 atom stereocenters. The van der Waals surface area contributed by atoms with Gasteiger partial charge in [0.05, 0.1) is 15.7 Å². The highest BCUT2D eigenvalue weighted by atomic mass is 32.1. The molecule has 2 aromatic heterocycles. The Morgan fingerprint density at radius 3 is 3.11 bits per heavy atom. The number of aryl methyl sites for hydroxylation is 1. The Labute approximate surface area is 113 Å². The van der Waals surface area contributed by atoms with Crippen LogP contribution < -0.4 is 5.32 Å². The summed E-state index contributed by atoms with van der Waals surface area (Å²) >= 11 is 1.58. The van der Waals surface area contributed by atoms with Gasteiger partial charge in [0.25, 0.3) is 5.91 Å². The number of nitrogens with one attached hydrogen (secondary N) is 1. The monoisotopic (exact) mass is 272 g/mol. The maximum absolute atomic E-state index is 12.0. The first-order valence-electron chi connectivity index (χ1n) is 5.94. The molecule has 6 heteroatoms. The lowest BCUT2D eigenvalue weighted by Gasteiger charge is -2.02. The van der Waals surface area contributed by atoms with Crippen LogP contribution in [0.3, 0.4) is 0 Å². The molecule has 0 aliphatic rings. The molecule has 0 saturated heterocycles. The van der Waals surface area contributed by atoms with Crippen LogP contribution in [0.2, 0.25) is 0 Å². The van der Waals surface area contributed by atoms with Crippen molar-refractivity contribution < 1.29 is 4.79 Å². The quantitative estimate of drug-likeness (QED) is 0.797. The lowest BCUT2D eigenvalue weighted by atomic mass is 10.3. The molecule has 0 aliphatic heterocycles. The van der Waals surface area contributed by atoms with E-state index >= 15 is 0 Å². The van der Waals surface area contributed by atoms with E-state index in [2.05, 4.69) is 15.4 Å². The molecule has 2 heterocycles. The molecule has 1 N–H and O–H groups in total. The molecule has 5 nitrogen and oxygen atoms in total. The number of thiazole rings is 1. The fraction of sp³-hybridized carbons (Fsp3) is 0.154. The minimum Gasteiger partial charge on any atom is -0.321 e. The fourth-order valence-electron chi connectivity index (χ4n) is 1.79. The second-order valence-corrected chi connectivity index (χ2v) is 4.93. The van der Waals surface area contributed by atoms with E-state index in [1.165, 1.54) is 0 Å². The van der Waals surface area contributed by atoms with Gasteiger partial charge in [-0.1, -0.05) is 0 Å². The lowest BCUT2D eigenvalue weighted by molar-refractivity contribution is 0.102. The Balaban J connectivity index is 1.81. The smallest absolute Gasteiger partial charge is 0.276 e. The van der Waals surface area contributed by atoms with Crippen LogP contribution in [-0.4, -0.2) is 20.7 Å². The van der Waals surface area contributed by atoms with Crippen LogP contribution in [0.1, 0.15) is 17.4 Å². The summed E-state index contributed by atoms with van der Waals surface area (Å²) < 4.78 is 2.83. The van der Waals surface area contributed by atoms with Crippen LogP contribution in [0.4, 0.5) is 5.69 Å². The van der Waals surface area contributed by atoms with E-state index in [1.807, 2.05) is 25.1 Å². The molecule has 3 rings (SSSR count). The van der Waals surface area contributed by atoms with Gasteiger partial charge >= 0.3 is 0 Å². The molecule has 0 spiro atoms. The number of carbonyl (C=O) groups excluding carboxylic acids is 1. The van der Waals surface area contributed by atoms with Gasteiger partial charge < -0.3 is 5.32 Å². The maximum Gasteiger partial charge on any atom is 0.276 e. The van der Waals surface area contributed by atoms with Gasteiger partial charge in [-0.25, -0.2) is 4.98 Å². The number of nitrogens with zero attached hydrogens (tertiary/aromatic N) is 3. The van der Waals surface area contributed by atoms with Crippen LogP contribution in [-0.2, 0) is 6.54 Å². The first-order valence-corrected chi connectivity index (χ1v) is 6.82. The molecular formula is C13H12N4OS. The summed E-state index contributed by atoms with van der Waals surface area (Å²) in [4.78, 5) is 16.2. The highest BCUT2D eigenvalue weighted by Gasteiger charge is 2.10. The summed E-state index contributed by atoms with van der Waals surface area (Å²) in [6.45, 7) is 2.73. The Hall–Kier alpha value is -2.21. The van der Waals surface area contributed by atoms with Crippen molar-refractivity contribution in [1.29, 1.82) is 0 Å². The molecule has 0 fully saturated rings. The first-order chi connectivity index (χ1) is 9.26. The number of amides is 1. The number of hydrogen-bond donors (Lipinski definition) is 1. The van der Waals surface area contributed by atoms with E-state index in [1.54, 1.807) is 33.8 Å². The van der Waals surface area contributed by atoms with Crippen molar-refractivity contribution in [3.63, 3.8) is 0 Å². The lowest BCUT2D eigenvalue weighted by Crippen LogP contribution is -2.13. The van der Waals surface area contributed by atoms with Gasteiger partial charge in [0, 0.05) is 18.4 Å². The average Bonchev–Trinajstić information content (AvgIpc) is 3.06. The minimum atomic E-state index is -0.207. The number of carbonyl (C=O) groups is 1. The van der Waals surface area contributed by atoms with Crippen LogP contribution in [0.25, 0.3) is 10.2 Å². The molecule has 0 radical (unpaired) electrons. The zero-order valence-corrected chi connectivity index (χ0v) is 11.1. The van der Waals surface area contributed by atoms with Crippen molar-refractivity contribution >= 4 is 33.1 Å². The van der Waals surface area contributed by atoms with Crippen molar-refractivity contribution in [2.24, 2.45) is 0 Å². The summed E-state index contributed by atoms with van der Waals surface area (Å²) in [6.07, 6.45) is 1.79. The van der Waals surface area contributed by atoms with Crippen LogP contribution in [0.5, 0.6) is 0 Å². The van der Waals surface area contributed by atoms with Crippen LogP contribution >= 0.6 is 11.3 Å². The Kier molecular flexibility index (Phi) is 3.00. The number of anilines is 1. The second-order valence-electron chi connectivity index (χ2n) is 4.05. The molecule has 0 unspecified atom stereocenters. The van der Waals surface area contributed by atoms with Crippen molar-refractivity contribution in [3.8, 4) is 0 Å². The number of rotatable bonds is 3. The van der Waals surface area contributed by atoms with Crippen molar-refractivity contribution in [2.45, 2.75) is 13.5 Å². The highest BCUT2D eigenvalue weighted by Crippen LogP contribution is 2.21. The molecule has 1 aromatic carbocycles. The molecule has 0 aliphatic carbocycles. The van der Waals surface area contributed by atoms with Crippen LogP contribution in [0.15, 0.2) is 36.0 Å². The maximum atomic E-state index is 12.0. The zero-order valence-electron chi connectivity index (χ0n) is 10.3. The largest absolute Gasteiger partial charge is 0.321 e. The van der Waals surface area contributed by atoms with E-state index in [0.717, 1.165) is 22.4 Å². The van der Waals surface area contributed by atoms with E-state index < -0.39 is 0 Å². The summed E-state index contributed by atoms with van der Waals surface area (Å²) in [5, 5.41) is 7.00. The van der Waals surface area contributed by atoms with Crippen LogP contribution in [0, 0.1) is 0 Å². The van der Waals surface area contributed by atoms with Gasteiger partial charge in [-0.05, 0) is 31.2 Å². The second kappa shape index (κ2) is 4.81. The topological polar surface area (TPSA) is 59.8 Å². The highest BCUT2D eigenvalue weighted by molar-refractivity contribution is 7.16. The number of aromatic nitrogens is 3. The predicted molar refractivity (Wildman–Crippen MR) is 75.5 cm³/mol. The van der Waals surface area contributed by atoms with Gasteiger partial charge in [0.2, 0.25) is 0 Å². The van der Waals surface area contributed by atoms with Crippen molar-refractivity contribution in [3.05, 3.63) is 41.7 Å². The van der Waals surface area contributed by atoms with Gasteiger partial charge in [-0.2, -0.15) is 5.10 Å². The minimum absolute atomic E-state index is 0.207. The molecule has 96 valence electrons. The zero-order chi connectivity index (χ0) is 13.2. The number of hydrogen-bond acceptors (Lipinski definition) is 4. The van der Waals surface area contributed by atoms with E-state index in [0.29, 0.717) is 5.69 Å². The standard InChI is InChI=1S/C13H12N4OS/c1-2-17-6-5-10(16-17)13(18)15-9-3-4-12-11(7-9)14-8-19-12/h3-8H,2H2,1H3,(H,15,18). The first kappa shape index (κ1) is 11.9. The molecular weight excluding hydrogens is 260 g/mol. The average molecular weight is 272 g/mol. The van der Waals surface area contributed by atoms with Gasteiger partial charge in [-0.15, -0.1) is 11.3 Å². The summed E-state index contributed by atoms with van der Waals surface area (Å²) in [5.74, 6) is -0.207. The molecule has 1 amide bonds.